The number of alkyl carbamates (subject to hydrolysis) is 1. The van der Waals surface area contributed by atoms with Crippen molar-refractivity contribution in [2.24, 2.45) is 5.92 Å². The van der Waals surface area contributed by atoms with Crippen LogP contribution in [0.2, 0.25) is 0 Å². The Balaban J connectivity index is 1.38. The van der Waals surface area contributed by atoms with Gasteiger partial charge in [-0.25, -0.2) is 4.79 Å². The molecule has 2 aromatic rings. The van der Waals surface area contributed by atoms with Gasteiger partial charge in [0.05, 0.1) is 7.11 Å². The Morgan fingerprint density at radius 2 is 1.87 bits per heavy atom. The number of hydrogen-bond donors (Lipinski definition) is 1. The van der Waals surface area contributed by atoms with Crippen molar-refractivity contribution in [2.75, 3.05) is 13.7 Å². The largest absolute Gasteiger partial charge is 0.497 e. The lowest BCUT2D eigenvalue weighted by Gasteiger charge is -2.07. The van der Waals surface area contributed by atoms with E-state index in [4.69, 9.17) is 9.47 Å². The second-order valence-corrected chi connectivity index (χ2v) is 5.82. The highest BCUT2D eigenvalue weighted by molar-refractivity contribution is 5.67. The lowest BCUT2D eigenvalue weighted by Crippen LogP contribution is -2.26. The molecule has 0 radical (unpaired) electrons. The molecule has 0 unspecified atom stereocenters. The Bertz CT molecular complexity index is 639. The third kappa shape index (κ3) is 4.25. The Hall–Kier alpha value is -2.49. The summed E-state index contributed by atoms with van der Waals surface area (Å²) in [5.74, 6) is 1.89. The van der Waals surface area contributed by atoms with E-state index in [1.54, 1.807) is 7.11 Å². The lowest BCUT2D eigenvalue weighted by molar-refractivity contribution is 0.139. The molecule has 0 spiro atoms. The average Bonchev–Trinajstić information content (AvgIpc) is 3.39. The first-order valence-corrected chi connectivity index (χ1v) is 7.85. The third-order valence-corrected chi connectivity index (χ3v) is 4.19. The van der Waals surface area contributed by atoms with E-state index in [0.717, 1.165) is 17.7 Å². The summed E-state index contributed by atoms with van der Waals surface area (Å²) < 4.78 is 10.4. The molecule has 0 aliphatic heterocycles. The quantitative estimate of drug-likeness (QED) is 0.884. The van der Waals surface area contributed by atoms with Crippen LogP contribution in [0.1, 0.15) is 23.5 Å². The Labute approximate surface area is 136 Å². The molecule has 1 N–H and O–H groups in total. The van der Waals surface area contributed by atoms with Crippen molar-refractivity contribution < 1.29 is 14.3 Å². The molecule has 4 nitrogen and oxygen atoms in total. The number of methoxy groups -OCH3 is 1. The Kier molecular flexibility index (Phi) is 4.81. The summed E-state index contributed by atoms with van der Waals surface area (Å²) in [7, 11) is 1.67. The van der Waals surface area contributed by atoms with Gasteiger partial charge in [0.1, 0.15) is 12.4 Å². The second kappa shape index (κ2) is 7.18. The van der Waals surface area contributed by atoms with Gasteiger partial charge in [-0.1, -0.05) is 42.5 Å². The molecule has 1 saturated carbocycles. The maximum absolute atomic E-state index is 11.7. The van der Waals surface area contributed by atoms with Gasteiger partial charge in [0.15, 0.2) is 0 Å². The van der Waals surface area contributed by atoms with Gasteiger partial charge in [-0.05, 0) is 41.5 Å². The zero-order valence-corrected chi connectivity index (χ0v) is 13.2. The number of amides is 1. The van der Waals surface area contributed by atoms with Crippen LogP contribution in [0.25, 0.3) is 0 Å². The van der Waals surface area contributed by atoms with Gasteiger partial charge in [-0.15, -0.1) is 0 Å². The van der Waals surface area contributed by atoms with Crippen LogP contribution in [0.4, 0.5) is 4.79 Å². The minimum Gasteiger partial charge on any atom is -0.497 e. The fourth-order valence-corrected chi connectivity index (χ4v) is 2.72. The van der Waals surface area contributed by atoms with E-state index in [9.17, 15) is 4.79 Å². The third-order valence-electron chi connectivity index (χ3n) is 4.19. The summed E-state index contributed by atoms with van der Waals surface area (Å²) in [4.78, 5) is 11.7. The van der Waals surface area contributed by atoms with Crippen LogP contribution in [0.5, 0.6) is 5.75 Å². The maximum Gasteiger partial charge on any atom is 0.407 e. The van der Waals surface area contributed by atoms with Crippen molar-refractivity contribution in [3.8, 4) is 5.75 Å². The monoisotopic (exact) mass is 311 g/mol. The standard InChI is InChI=1S/C19H21NO3/c1-22-17-9-7-15(8-10-17)18-11-16(18)12-20-19(21)23-13-14-5-3-2-4-6-14/h2-10,16,18H,11-13H2,1H3,(H,20,21)/t16-,18-/m1/s1. The van der Waals surface area contributed by atoms with Crippen LogP contribution in [0.15, 0.2) is 54.6 Å². The molecule has 0 bridgehead atoms. The lowest BCUT2D eigenvalue weighted by atomic mass is 10.1. The molecular formula is C19H21NO3. The van der Waals surface area contributed by atoms with Crippen LogP contribution < -0.4 is 10.1 Å². The molecule has 2 atom stereocenters. The number of hydrogen-bond acceptors (Lipinski definition) is 3. The molecule has 0 aromatic heterocycles. The van der Waals surface area contributed by atoms with Gasteiger partial charge in [0.2, 0.25) is 0 Å². The second-order valence-electron chi connectivity index (χ2n) is 5.82. The van der Waals surface area contributed by atoms with Crippen LogP contribution in [0.3, 0.4) is 0 Å². The Morgan fingerprint density at radius 3 is 2.57 bits per heavy atom. The fourth-order valence-electron chi connectivity index (χ4n) is 2.72. The van der Waals surface area contributed by atoms with Crippen molar-refractivity contribution in [3.63, 3.8) is 0 Å². The smallest absolute Gasteiger partial charge is 0.407 e. The van der Waals surface area contributed by atoms with Gasteiger partial charge < -0.3 is 14.8 Å². The number of benzene rings is 2. The van der Waals surface area contributed by atoms with E-state index in [1.165, 1.54) is 5.56 Å². The van der Waals surface area contributed by atoms with E-state index in [0.29, 0.717) is 25.0 Å². The number of ether oxygens (including phenoxy) is 2. The summed E-state index contributed by atoms with van der Waals surface area (Å²) in [6.45, 7) is 0.962. The predicted octanol–water partition coefficient (Wildman–Crippen LogP) is 3.73. The number of carbonyl (C=O) groups excluding carboxylic acids is 1. The average molecular weight is 311 g/mol. The number of carbonyl (C=O) groups is 1. The summed E-state index contributed by atoms with van der Waals surface area (Å²) in [5, 5.41) is 2.85. The first kappa shape index (κ1) is 15.4. The molecule has 120 valence electrons. The van der Waals surface area contributed by atoms with Crippen LogP contribution in [-0.4, -0.2) is 19.7 Å². The molecule has 1 aliphatic rings. The van der Waals surface area contributed by atoms with E-state index in [1.807, 2.05) is 42.5 Å². The molecule has 1 fully saturated rings. The van der Waals surface area contributed by atoms with Gasteiger partial charge in [0.25, 0.3) is 0 Å². The van der Waals surface area contributed by atoms with E-state index >= 15 is 0 Å². The van der Waals surface area contributed by atoms with Crippen molar-refractivity contribution in [1.82, 2.24) is 5.32 Å². The molecule has 0 saturated heterocycles. The Morgan fingerprint density at radius 1 is 1.13 bits per heavy atom. The minimum absolute atomic E-state index is 0.305. The summed E-state index contributed by atoms with van der Waals surface area (Å²) in [6.07, 6.45) is 0.750. The summed E-state index contributed by atoms with van der Waals surface area (Å²) >= 11 is 0. The minimum atomic E-state index is -0.353. The summed E-state index contributed by atoms with van der Waals surface area (Å²) in [6, 6.07) is 17.8. The highest BCUT2D eigenvalue weighted by atomic mass is 16.5. The molecule has 3 rings (SSSR count). The van der Waals surface area contributed by atoms with Gasteiger partial charge in [0, 0.05) is 6.54 Å². The maximum atomic E-state index is 11.7. The van der Waals surface area contributed by atoms with Crippen molar-refractivity contribution in [2.45, 2.75) is 18.9 Å². The number of rotatable bonds is 6. The fraction of sp³-hybridized carbons (Fsp3) is 0.316. The van der Waals surface area contributed by atoms with Crippen molar-refractivity contribution in [3.05, 3.63) is 65.7 Å². The van der Waals surface area contributed by atoms with Gasteiger partial charge in [-0.2, -0.15) is 0 Å². The molecular weight excluding hydrogens is 290 g/mol. The number of nitrogens with one attached hydrogen (secondary N) is 1. The van der Waals surface area contributed by atoms with Crippen LogP contribution in [-0.2, 0) is 11.3 Å². The van der Waals surface area contributed by atoms with E-state index in [2.05, 4.69) is 17.4 Å². The zero-order chi connectivity index (χ0) is 16.1. The molecule has 2 aromatic carbocycles. The molecule has 4 heteroatoms. The van der Waals surface area contributed by atoms with Crippen molar-refractivity contribution >= 4 is 6.09 Å². The zero-order valence-electron chi connectivity index (χ0n) is 13.2. The molecule has 0 heterocycles. The first-order valence-electron chi connectivity index (χ1n) is 7.85. The SMILES string of the molecule is COc1ccc([C@H]2C[C@@H]2CNC(=O)OCc2ccccc2)cc1. The van der Waals surface area contributed by atoms with E-state index in [-0.39, 0.29) is 6.09 Å². The highest BCUT2D eigenvalue weighted by Crippen LogP contribution is 2.47. The highest BCUT2D eigenvalue weighted by Gasteiger charge is 2.38. The van der Waals surface area contributed by atoms with Crippen molar-refractivity contribution in [1.29, 1.82) is 0 Å². The molecule has 1 amide bonds. The normalized spacial score (nSPS) is 19.0. The van der Waals surface area contributed by atoms with Crippen LogP contribution >= 0.6 is 0 Å². The topological polar surface area (TPSA) is 47.6 Å². The van der Waals surface area contributed by atoms with Crippen LogP contribution in [0, 0.1) is 5.92 Å². The van der Waals surface area contributed by atoms with Gasteiger partial charge in [-0.3, -0.25) is 0 Å². The predicted molar refractivity (Wildman–Crippen MR) is 88.5 cm³/mol. The van der Waals surface area contributed by atoms with Gasteiger partial charge >= 0.3 is 6.09 Å². The van der Waals surface area contributed by atoms with E-state index < -0.39 is 0 Å². The molecule has 23 heavy (non-hydrogen) atoms. The molecule has 1 aliphatic carbocycles. The summed E-state index contributed by atoms with van der Waals surface area (Å²) in [5.41, 5.74) is 2.29. The first-order chi connectivity index (χ1) is 11.3.